The minimum absolute atomic E-state index is 0.0287. The standard InChI is InChI=1S/C14H13N3O3/c1-10-3-4-12(9-14(10)20-2)16-15-11-5-7-13(8-6-11)17(18)19/h3-9H,1-2H3. The first kappa shape index (κ1) is 13.7. The molecule has 0 saturated heterocycles. The number of azo groups is 1. The van der Waals surface area contributed by atoms with Crippen molar-refractivity contribution in [2.24, 2.45) is 10.2 Å². The Balaban J connectivity index is 2.18. The minimum Gasteiger partial charge on any atom is -0.496 e. The summed E-state index contributed by atoms with van der Waals surface area (Å²) in [5.41, 5.74) is 2.25. The van der Waals surface area contributed by atoms with Crippen molar-refractivity contribution in [3.63, 3.8) is 0 Å². The van der Waals surface area contributed by atoms with Crippen molar-refractivity contribution in [2.75, 3.05) is 7.11 Å². The van der Waals surface area contributed by atoms with Gasteiger partial charge >= 0.3 is 0 Å². The molecule has 20 heavy (non-hydrogen) atoms. The fourth-order valence-corrected chi connectivity index (χ4v) is 1.63. The lowest BCUT2D eigenvalue weighted by Gasteiger charge is -2.03. The number of hydrogen-bond acceptors (Lipinski definition) is 5. The van der Waals surface area contributed by atoms with E-state index in [2.05, 4.69) is 10.2 Å². The second-order valence-electron chi connectivity index (χ2n) is 4.13. The molecule has 0 atom stereocenters. The SMILES string of the molecule is COc1cc(N=Nc2ccc([N+](=O)[O-])cc2)ccc1C. The summed E-state index contributed by atoms with van der Waals surface area (Å²) in [7, 11) is 1.60. The maximum absolute atomic E-state index is 10.5. The van der Waals surface area contributed by atoms with Gasteiger partial charge in [0, 0.05) is 18.2 Å². The molecule has 2 aromatic rings. The van der Waals surface area contributed by atoms with Gasteiger partial charge in [-0.25, -0.2) is 0 Å². The summed E-state index contributed by atoms with van der Waals surface area (Å²) in [6.07, 6.45) is 0. The predicted octanol–water partition coefficient (Wildman–Crippen LogP) is 4.33. The molecule has 0 aliphatic heterocycles. The van der Waals surface area contributed by atoms with Gasteiger partial charge in [0.1, 0.15) is 5.75 Å². The van der Waals surface area contributed by atoms with Crippen molar-refractivity contribution in [2.45, 2.75) is 6.92 Å². The zero-order valence-electron chi connectivity index (χ0n) is 11.1. The first-order chi connectivity index (χ1) is 9.60. The lowest BCUT2D eigenvalue weighted by atomic mass is 10.2. The van der Waals surface area contributed by atoms with Crippen LogP contribution in [-0.4, -0.2) is 12.0 Å². The molecule has 102 valence electrons. The van der Waals surface area contributed by atoms with Gasteiger partial charge in [-0.2, -0.15) is 10.2 Å². The van der Waals surface area contributed by atoms with E-state index in [1.807, 2.05) is 19.1 Å². The molecule has 2 aromatic carbocycles. The van der Waals surface area contributed by atoms with E-state index in [0.29, 0.717) is 11.4 Å². The highest BCUT2D eigenvalue weighted by atomic mass is 16.6. The van der Waals surface area contributed by atoms with Crippen LogP contribution in [0.25, 0.3) is 0 Å². The molecule has 0 spiro atoms. The Labute approximate surface area is 115 Å². The second kappa shape index (κ2) is 5.92. The monoisotopic (exact) mass is 271 g/mol. The molecule has 0 aliphatic rings. The normalized spacial score (nSPS) is 10.7. The maximum atomic E-state index is 10.5. The molecule has 0 N–H and O–H groups in total. The number of nitro benzene ring substituents is 1. The van der Waals surface area contributed by atoms with Gasteiger partial charge in [-0.05, 0) is 30.7 Å². The van der Waals surface area contributed by atoms with Crippen LogP contribution in [0.5, 0.6) is 5.75 Å². The summed E-state index contributed by atoms with van der Waals surface area (Å²) in [5.74, 6) is 0.741. The molecule has 6 nitrogen and oxygen atoms in total. The third kappa shape index (κ3) is 3.17. The molecular formula is C14H13N3O3. The highest BCUT2D eigenvalue weighted by molar-refractivity contribution is 5.48. The third-order valence-electron chi connectivity index (χ3n) is 2.73. The molecule has 0 heterocycles. The number of nitro groups is 1. The van der Waals surface area contributed by atoms with Crippen LogP contribution in [0, 0.1) is 17.0 Å². The molecule has 0 amide bonds. The molecule has 0 saturated carbocycles. The van der Waals surface area contributed by atoms with Gasteiger partial charge < -0.3 is 4.74 Å². The maximum Gasteiger partial charge on any atom is 0.269 e. The molecule has 0 fully saturated rings. The molecule has 2 rings (SSSR count). The Kier molecular flexibility index (Phi) is 4.05. The summed E-state index contributed by atoms with van der Waals surface area (Å²) in [4.78, 5) is 10.1. The Hall–Kier alpha value is -2.76. The summed E-state index contributed by atoms with van der Waals surface area (Å²) in [6.45, 7) is 1.94. The van der Waals surface area contributed by atoms with Crippen molar-refractivity contribution >= 4 is 17.1 Å². The number of aryl methyl sites for hydroxylation is 1. The van der Waals surface area contributed by atoms with Gasteiger partial charge in [-0.3, -0.25) is 10.1 Å². The summed E-state index contributed by atoms with van der Waals surface area (Å²) in [6, 6.07) is 11.4. The zero-order valence-corrected chi connectivity index (χ0v) is 11.1. The van der Waals surface area contributed by atoms with E-state index in [9.17, 15) is 10.1 Å². The quantitative estimate of drug-likeness (QED) is 0.471. The van der Waals surface area contributed by atoms with Crippen molar-refractivity contribution in [3.05, 3.63) is 58.1 Å². The van der Waals surface area contributed by atoms with Crippen molar-refractivity contribution in [3.8, 4) is 5.75 Å². The van der Waals surface area contributed by atoms with Gasteiger partial charge in [-0.15, -0.1) is 0 Å². The summed E-state index contributed by atoms with van der Waals surface area (Å²) >= 11 is 0. The van der Waals surface area contributed by atoms with Gasteiger partial charge in [0.2, 0.25) is 0 Å². The zero-order chi connectivity index (χ0) is 14.5. The fourth-order valence-electron chi connectivity index (χ4n) is 1.63. The predicted molar refractivity (Wildman–Crippen MR) is 75.0 cm³/mol. The van der Waals surface area contributed by atoms with Crippen molar-refractivity contribution < 1.29 is 9.66 Å². The van der Waals surface area contributed by atoms with Crippen LogP contribution in [0.2, 0.25) is 0 Å². The molecule has 0 radical (unpaired) electrons. The van der Waals surface area contributed by atoms with Crippen LogP contribution >= 0.6 is 0 Å². The highest BCUT2D eigenvalue weighted by Crippen LogP contribution is 2.26. The number of hydrogen-bond donors (Lipinski definition) is 0. The lowest BCUT2D eigenvalue weighted by molar-refractivity contribution is -0.384. The number of ether oxygens (including phenoxy) is 1. The Morgan fingerprint density at radius 1 is 1.05 bits per heavy atom. The average Bonchev–Trinajstić information content (AvgIpc) is 2.46. The number of rotatable bonds is 4. The molecule has 0 unspecified atom stereocenters. The number of methoxy groups -OCH3 is 1. The Morgan fingerprint density at radius 2 is 1.65 bits per heavy atom. The van der Waals surface area contributed by atoms with Gasteiger partial charge in [0.15, 0.2) is 0 Å². The van der Waals surface area contributed by atoms with E-state index < -0.39 is 4.92 Å². The Bertz CT molecular complexity index is 651. The second-order valence-corrected chi connectivity index (χ2v) is 4.13. The third-order valence-corrected chi connectivity index (χ3v) is 2.73. The van der Waals surface area contributed by atoms with E-state index in [0.717, 1.165) is 11.3 Å². The lowest BCUT2D eigenvalue weighted by Crippen LogP contribution is -1.85. The van der Waals surface area contributed by atoms with Gasteiger partial charge in [-0.1, -0.05) is 6.07 Å². The largest absolute Gasteiger partial charge is 0.496 e. The number of non-ortho nitro benzene ring substituents is 1. The van der Waals surface area contributed by atoms with E-state index in [4.69, 9.17) is 4.74 Å². The van der Waals surface area contributed by atoms with E-state index in [1.165, 1.54) is 12.1 Å². The van der Waals surface area contributed by atoms with Crippen LogP contribution in [-0.2, 0) is 0 Å². The van der Waals surface area contributed by atoms with Gasteiger partial charge in [0.05, 0.1) is 23.4 Å². The number of benzene rings is 2. The van der Waals surface area contributed by atoms with Gasteiger partial charge in [0.25, 0.3) is 5.69 Å². The van der Waals surface area contributed by atoms with Crippen LogP contribution in [0.1, 0.15) is 5.56 Å². The van der Waals surface area contributed by atoms with E-state index in [-0.39, 0.29) is 5.69 Å². The van der Waals surface area contributed by atoms with Crippen LogP contribution in [0.3, 0.4) is 0 Å². The van der Waals surface area contributed by atoms with Crippen LogP contribution in [0.4, 0.5) is 17.1 Å². The molecular weight excluding hydrogens is 258 g/mol. The highest BCUT2D eigenvalue weighted by Gasteiger charge is 2.03. The number of nitrogens with zero attached hydrogens (tertiary/aromatic N) is 3. The smallest absolute Gasteiger partial charge is 0.269 e. The van der Waals surface area contributed by atoms with Crippen LogP contribution < -0.4 is 4.74 Å². The average molecular weight is 271 g/mol. The topological polar surface area (TPSA) is 77.1 Å². The first-order valence-corrected chi connectivity index (χ1v) is 5.91. The summed E-state index contributed by atoms with van der Waals surface area (Å²) < 4.78 is 5.20. The molecule has 6 heteroatoms. The first-order valence-electron chi connectivity index (χ1n) is 5.91. The summed E-state index contributed by atoms with van der Waals surface area (Å²) in [5, 5.41) is 18.6. The van der Waals surface area contributed by atoms with Crippen molar-refractivity contribution in [1.82, 2.24) is 0 Å². The molecule has 0 aliphatic carbocycles. The van der Waals surface area contributed by atoms with Crippen molar-refractivity contribution in [1.29, 1.82) is 0 Å². The van der Waals surface area contributed by atoms with E-state index in [1.54, 1.807) is 25.3 Å². The minimum atomic E-state index is -0.453. The molecule has 0 aromatic heterocycles. The molecule has 0 bridgehead atoms. The van der Waals surface area contributed by atoms with Crippen LogP contribution in [0.15, 0.2) is 52.7 Å². The fraction of sp³-hybridized carbons (Fsp3) is 0.143. The Morgan fingerprint density at radius 3 is 2.25 bits per heavy atom. The van der Waals surface area contributed by atoms with E-state index >= 15 is 0 Å².